The Balaban J connectivity index is 1.03. The van der Waals surface area contributed by atoms with Crippen LogP contribution in [0.15, 0.2) is 67.0 Å². The summed E-state index contributed by atoms with van der Waals surface area (Å²) >= 11 is 0. The molecule has 4 fully saturated rings. The van der Waals surface area contributed by atoms with Crippen LogP contribution in [0.5, 0.6) is 0 Å². The van der Waals surface area contributed by atoms with Crippen LogP contribution in [0.25, 0.3) is 10.9 Å². The predicted molar refractivity (Wildman–Crippen MR) is 251 cm³/mol. The fourth-order valence-electron chi connectivity index (χ4n) is 10.4. The molecule has 2 saturated heterocycles. The molecule has 1 amide bonds. The summed E-state index contributed by atoms with van der Waals surface area (Å²) in [5.41, 5.74) is 0.949. The third kappa shape index (κ3) is 12.3. The van der Waals surface area contributed by atoms with Crippen LogP contribution in [0.4, 0.5) is 11.5 Å². The van der Waals surface area contributed by atoms with Gasteiger partial charge in [-0.05, 0) is 68.7 Å². The molecule has 0 bridgehead atoms. The van der Waals surface area contributed by atoms with E-state index in [1.54, 1.807) is 42.1 Å². The van der Waals surface area contributed by atoms with Crippen molar-refractivity contribution in [2.75, 3.05) is 11.9 Å². The zero-order valence-electron chi connectivity index (χ0n) is 40.0. The highest BCUT2D eigenvalue weighted by molar-refractivity contribution is 5.91. The first-order valence-corrected chi connectivity index (χ1v) is 24.6. The van der Waals surface area contributed by atoms with Crippen LogP contribution in [-0.2, 0) is 51.1 Å². The number of non-ortho nitro benzene ring substituents is 1. The van der Waals surface area contributed by atoms with Crippen molar-refractivity contribution < 1.29 is 78.4 Å². The Bertz CT molecular complexity index is 2470. The highest BCUT2D eigenvalue weighted by atomic mass is 16.7. The van der Waals surface area contributed by atoms with Gasteiger partial charge in [0.1, 0.15) is 36.6 Å². The molecule has 8 rings (SSSR count). The maximum Gasteiger partial charge on any atom is 0.338 e. The number of aliphatic hydroxyl groups is 5. The maximum absolute atomic E-state index is 14.2. The molecule has 0 spiro atoms. The number of fused-ring (bicyclic) bond motifs is 1. The number of anilines is 1. The number of aliphatic carboxylic acids is 1. The van der Waals surface area contributed by atoms with Crippen molar-refractivity contribution in [2.45, 2.75) is 164 Å². The molecule has 15 atom stereocenters. The zero-order valence-corrected chi connectivity index (χ0v) is 40.0. The quantitative estimate of drug-likeness (QED) is 0.0403. The standard InChI is InChI=1S/C49H64N6O17/c1-26-20-31(45(61)50-37-24-54(52-51-37)18-9-17-53-19-16-30-22-32(55(65)66)14-15-33(30)53)23-34(42(26)72-48-41(60)40(59)38(57)27(2)67-48)69-49-44(71-47(64)29-12-7-4-8-13-29)43(39(58)36(25-56)70-49)68-35(46(62)63)21-28-10-5-3-6-11-28/h4,7-8,12-16,19,22,24,26-28,31,34-36,38-44,48-49,56-60H,3,5-6,9-11,17-18,20-21,23,25H2,1-2H3,(H,50,61)(H,62,63)/t26-,27-,31+,34+,35-,36+,38+,39-,40+,41-,42+,43-,44+,48-,49+/m0/s1. The number of hydrogen-bond acceptors (Lipinski definition) is 18. The first-order chi connectivity index (χ1) is 34.6. The summed E-state index contributed by atoms with van der Waals surface area (Å²) in [5, 5.41) is 88.1. The smallest absolute Gasteiger partial charge is 0.338 e. The normalized spacial score (nSPS) is 31.7. The molecule has 23 nitrogen and oxygen atoms in total. The number of esters is 1. The van der Waals surface area contributed by atoms with Crippen LogP contribution in [0.1, 0.15) is 82.0 Å². The Labute approximate surface area is 414 Å². The predicted octanol–water partition coefficient (Wildman–Crippen LogP) is 2.93. The van der Waals surface area contributed by atoms with Crippen molar-refractivity contribution in [3.8, 4) is 0 Å². The van der Waals surface area contributed by atoms with Crippen molar-refractivity contribution in [1.29, 1.82) is 0 Å². The minimum Gasteiger partial charge on any atom is -0.479 e. The molecule has 72 heavy (non-hydrogen) atoms. The molecule has 0 unspecified atom stereocenters. The molecule has 4 aromatic rings. The van der Waals surface area contributed by atoms with Gasteiger partial charge in [0.05, 0.1) is 41.6 Å². The number of benzene rings is 2. The van der Waals surface area contributed by atoms with Crippen LogP contribution >= 0.6 is 0 Å². The maximum atomic E-state index is 14.2. The SMILES string of the molecule is C[C@@H]1O[C@@H](O[C@@H]2[C@@H](C)C[C@@H](C(=O)Nc3cn(CCCn4ccc5cc([N+](=O)[O-])ccc54)nn3)C[C@H]2O[C@@H]2O[C@H](CO)[C@H](O)[C@H](O[C@@H](CC3CCCCC3)C(=O)O)[C@H]2OC(=O)c2ccccc2)[C@@H](O)[C@H](O)[C@@H]1O. The van der Waals surface area contributed by atoms with Gasteiger partial charge in [-0.25, -0.2) is 9.59 Å². The highest BCUT2D eigenvalue weighted by Gasteiger charge is 2.54. The van der Waals surface area contributed by atoms with Gasteiger partial charge in [-0.15, -0.1) is 5.10 Å². The number of nitro groups is 1. The molecular formula is C49H64N6O17. The van der Waals surface area contributed by atoms with E-state index in [2.05, 4.69) is 15.6 Å². The summed E-state index contributed by atoms with van der Waals surface area (Å²) in [6.07, 6.45) is -10.4. The third-order valence-electron chi connectivity index (χ3n) is 14.3. The number of amides is 1. The molecule has 2 aromatic carbocycles. The van der Waals surface area contributed by atoms with Crippen molar-refractivity contribution in [3.05, 3.63) is 82.7 Å². The molecule has 2 aliphatic carbocycles. The lowest BCUT2D eigenvalue weighted by atomic mass is 9.77. The second kappa shape index (κ2) is 23.6. The topological polar surface area (TPSA) is 319 Å². The van der Waals surface area contributed by atoms with E-state index in [4.69, 9.17) is 28.4 Å². The van der Waals surface area contributed by atoms with Crippen LogP contribution in [0.3, 0.4) is 0 Å². The van der Waals surface area contributed by atoms with E-state index in [0.717, 1.165) is 43.0 Å². The van der Waals surface area contributed by atoms with Gasteiger partial charge < -0.3 is 68.9 Å². The number of carbonyl (C=O) groups is 3. The lowest BCUT2D eigenvalue weighted by molar-refractivity contribution is -0.384. The van der Waals surface area contributed by atoms with Gasteiger partial charge in [-0.1, -0.05) is 62.4 Å². The molecule has 4 heterocycles. The van der Waals surface area contributed by atoms with Gasteiger partial charge in [0.15, 0.2) is 30.6 Å². The average molecular weight is 1010 g/mol. The molecule has 7 N–H and O–H groups in total. The molecule has 4 aliphatic rings. The van der Waals surface area contributed by atoms with Crippen LogP contribution < -0.4 is 5.32 Å². The van der Waals surface area contributed by atoms with Crippen LogP contribution in [0.2, 0.25) is 0 Å². The third-order valence-corrected chi connectivity index (χ3v) is 14.3. The lowest BCUT2D eigenvalue weighted by Gasteiger charge is -2.48. The van der Waals surface area contributed by atoms with Gasteiger partial charge in [0.2, 0.25) is 5.91 Å². The van der Waals surface area contributed by atoms with Crippen molar-refractivity contribution in [3.63, 3.8) is 0 Å². The fourth-order valence-corrected chi connectivity index (χ4v) is 10.4. The van der Waals surface area contributed by atoms with Gasteiger partial charge >= 0.3 is 11.9 Å². The molecular weight excluding hydrogens is 945 g/mol. The number of carboxylic acid groups (broad SMARTS) is 1. The molecule has 2 aliphatic heterocycles. The Morgan fingerprint density at radius 2 is 1.65 bits per heavy atom. The number of carbonyl (C=O) groups excluding carboxylic acids is 2. The number of aryl methyl sites for hydroxylation is 2. The number of nitrogens with one attached hydrogen (secondary N) is 1. The van der Waals surface area contributed by atoms with E-state index in [1.807, 2.05) is 16.8 Å². The van der Waals surface area contributed by atoms with E-state index in [0.29, 0.717) is 19.5 Å². The Morgan fingerprint density at radius 3 is 2.38 bits per heavy atom. The number of carboxylic acids is 1. The number of hydrogen-bond donors (Lipinski definition) is 7. The number of rotatable bonds is 19. The van der Waals surface area contributed by atoms with E-state index < -0.39 is 121 Å². The van der Waals surface area contributed by atoms with Crippen molar-refractivity contribution in [2.24, 2.45) is 17.8 Å². The first kappa shape index (κ1) is 52.8. The molecule has 2 aromatic heterocycles. The number of aliphatic hydroxyl groups excluding tert-OH is 5. The molecule has 0 radical (unpaired) electrons. The molecule has 392 valence electrons. The Hall–Kier alpha value is -5.47. The molecule has 2 saturated carbocycles. The number of nitrogens with zero attached hydrogens (tertiary/aromatic N) is 5. The van der Waals surface area contributed by atoms with Gasteiger partial charge in [0.25, 0.3) is 5.69 Å². The Morgan fingerprint density at radius 1 is 0.889 bits per heavy atom. The van der Waals surface area contributed by atoms with E-state index in [9.17, 15) is 55.1 Å². The van der Waals surface area contributed by atoms with Crippen molar-refractivity contribution in [1.82, 2.24) is 19.6 Å². The highest BCUT2D eigenvalue weighted by Crippen LogP contribution is 2.40. The number of aromatic nitrogens is 4. The van der Waals surface area contributed by atoms with Crippen molar-refractivity contribution >= 4 is 40.3 Å². The summed E-state index contributed by atoms with van der Waals surface area (Å²) in [5.74, 6) is -3.87. The summed E-state index contributed by atoms with van der Waals surface area (Å²) in [7, 11) is 0. The second-order valence-electron chi connectivity index (χ2n) is 19.4. The van der Waals surface area contributed by atoms with E-state index in [-0.39, 0.29) is 42.2 Å². The van der Waals surface area contributed by atoms with Gasteiger partial charge in [-0.2, -0.15) is 0 Å². The first-order valence-electron chi connectivity index (χ1n) is 24.6. The summed E-state index contributed by atoms with van der Waals surface area (Å²) < 4.78 is 40.9. The van der Waals surface area contributed by atoms with Gasteiger partial charge in [0, 0.05) is 48.2 Å². The number of ether oxygens (including phenoxy) is 6. The summed E-state index contributed by atoms with van der Waals surface area (Å²) in [4.78, 5) is 51.7. The minimum atomic E-state index is -1.72. The van der Waals surface area contributed by atoms with Crippen LogP contribution in [0, 0.1) is 27.9 Å². The zero-order chi connectivity index (χ0) is 51.2. The lowest BCUT2D eigenvalue weighted by Crippen LogP contribution is -2.64. The van der Waals surface area contributed by atoms with Gasteiger partial charge in [-0.3, -0.25) is 19.6 Å². The summed E-state index contributed by atoms with van der Waals surface area (Å²) in [6.45, 7) is 3.46. The van der Waals surface area contributed by atoms with E-state index in [1.165, 1.54) is 31.2 Å². The summed E-state index contributed by atoms with van der Waals surface area (Å²) in [6, 6.07) is 14.4. The molecule has 23 heteroatoms. The van der Waals surface area contributed by atoms with E-state index >= 15 is 0 Å². The Kier molecular flexibility index (Phi) is 17.3. The fraction of sp³-hybridized carbons (Fsp3) is 0.612. The van der Waals surface area contributed by atoms with Crippen LogP contribution in [-0.4, -0.2) is 159 Å². The average Bonchev–Trinajstić information content (AvgIpc) is 4.01. The monoisotopic (exact) mass is 1010 g/mol. The second-order valence-corrected chi connectivity index (χ2v) is 19.4. The largest absolute Gasteiger partial charge is 0.479 e. The number of nitro benzene ring substituents is 1. The minimum absolute atomic E-state index is 0.00339.